The Labute approximate surface area is 197 Å². The van der Waals surface area contributed by atoms with Gasteiger partial charge in [-0.1, -0.05) is 65.5 Å². The van der Waals surface area contributed by atoms with Gasteiger partial charge < -0.3 is 10.5 Å². The Balaban J connectivity index is 1.45. The molecule has 182 valence electrons. The van der Waals surface area contributed by atoms with Gasteiger partial charge in [0.25, 0.3) is 0 Å². The summed E-state index contributed by atoms with van der Waals surface area (Å²) >= 11 is 0. The van der Waals surface area contributed by atoms with Crippen molar-refractivity contribution >= 4 is 5.97 Å². The standard InChI is InChI=1S/C29H49NO2/c1-19(2)7-6-8-20(3)24-11-12-25-23-10-9-21-17-22(32-27(31)18-30)13-15-28(21,4)26(23)14-16-29(24,25)5/h9,19-20,22-26H,6-8,10-18,30H2,1-5H3/t20-,22?,23+,24-,25+,26+,28+,29-/m1/s1. The van der Waals surface area contributed by atoms with Crippen molar-refractivity contribution in [2.75, 3.05) is 6.54 Å². The number of esters is 1. The number of carbonyl (C=O) groups is 1. The molecule has 0 amide bonds. The molecular weight excluding hydrogens is 394 g/mol. The van der Waals surface area contributed by atoms with Crippen LogP contribution in [-0.2, 0) is 9.53 Å². The van der Waals surface area contributed by atoms with Gasteiger partial charge in [0.15, 0.2) is 0 Å². The Morgan fingerprint density at radius 3 is 2.59 bits per heavy atom. The second kappa shape index (κ2) is 9.43. The average Bonchev–Trinajstić information content (AvgIpc) is 3.11. The maximum atomic E-state index is 11.7. The molecule has 0 saturated heterocycles. The summed E-state index contributed by atoms with van der Waals surface area (Å²) in [6.07, 6.45) is 16.9. The molecule has 0 aromatic rings. The maximum absolute atomic E-state index is 11.7. The molecule has 4 rings (SSSR count). The number of fused-ring (bicyclic) bond motifs is 5. The van der Waals surface area contributed by atoms with Gasteiger partial charge in [-0.2, -0.15) is 0 Å². The molecular formula is C29H49NO2. The summed E-state index contributed by atoms with van der Waals surface area (Å²) < 4.78 is 5.64. The first kappa shape index (κ1) is 24.3. The molecule has 1 unspecified atom stereocenters. The first-order valence-corrected chi connectivity index (χ1v) is 13.8. The minimum absolute atomic E-state index is 0.00512. The van der Waals surface area contributed by atoms with E-state index in [0.29, 0.717) is 10.8 Å². The van der Waals surface area contributed by atoms with Gasteiger partial charge in [-0.05, 0) is 91.3 Å². The lowest BCUT2D eigenvalue weighted by atomic mass is 9.47. The molecule has 0 aromatic heterocycles. The van der Waals surface area contributed by atoms with E-state index in [2.05, 4.69) is 40.7 Å². The van der Waals surface area contributed by atoms with Crippen molar-refractivity contribution in [3.05, 3.63) is 11.6 Å². The second-order valence-electron chi connectivity index (χ2n) is 12.8. The van der Waals surface area contributed by atoms with E-state index in [1.807, 2.05) is 0 Å². The third kappa shape index (κ3) is 4.32. The molecule has 32 heavy (non-hydrogen) atoms. The van der Waals surface area contributed by atoms with Crippen LogP contribution in [0.2, 0.25) is 0 Å². The van der Waals surface area contributed by atoms with Crippen LogP contribution in [0.15, 0.2) is 11.6 Å². The van der Waals surface area contributed by atoms with Gasteiger partial charge in [0.05, 0.1) is 6.54 Å². The maximum Gasteiger partial charge on any atom is 0.319 e. The van der Waals surface area contributed by atoms with E-state index in [0.717, 1.165) is 48.3 Å². The van der Waals surface area contributed by atoms with Crippen molar-refractivity contribution in [1.29, 1.82) is 0 Å². The highest BCUT2D eigenvalue weighted by molar-refractivity contribution is 5.71. The monoisotopic (exact) mass is 443 g/mol. The summed E-state index contributed by atoms with van der Waals surface area (Å²) in [5, 5.41) is 0. The second-order valence-corrected chi connectivity index (χ2v) is 12.8. The van der Waals surface area contributed by atoms with Crippen molar-refractivity contribution in [1.82, 2.24) is 0 Å². The first-order valence-electron chi connectivity index (χ1n) is 13.8. The summed E-state index contributed by atoms with van der Waals surface area (Å²) in [5.41, 5.74) is 7.93. The van der Waals surface area contributed by atoms with E-state index in [1.165, 1.54) is 57.8 Å². The largest absolute Gasteiger partial charge is 0.461 e. The molecule has 3 saturated carbocycles. The molecule has 0 aromatic carbocycles. The molecule has 4 aliphatic carbocycles. The summed E-state index contributed by atoms with van der Waals surface area (Å²) in [4.78, 5) is 11.7. The van der Waals surface area contributed by atoms with Gasteiger partial charge in [-0.3, -0.25) is 4.79 Å². The van der Waals surface area contributed by atoms with Crippen LogP contribution >= 0.6 is 0 Å². The van der Waals surface area contributed by atoms with E-state index in [-0.39, 0.29) is 18.6 Å². The number of carbonyl (C=O) groups excluding carboxylic acids is 1. The molecule has 0 aliphatic heterocycles. The number of hydrogen-bond acceptors (Lipinski definition) is 3. The van der Waals surface area contributed by atoms with Crippen LogP contribution < -0.4 is 5.73 Å². The van der Waals surface area contributed by atoms with Gasteiger partial charge in [0.2, 0.25) is 0 Å². The zero-order chi connectivity index (χ0) is 23.1. The van der Waals surface area contributed by atoms with Gasteiger partial charge in [0, 0.05) is 6.42 Å². The Hall–Kier alpha value is -0.830. The summed E-state index contributed by atoms with van der Waals surface area (Å²) in [6, 6.07) is 0. The van der Waals surface area contributed by atoms with Crippen LogP contribution in [0.5, 0.6) is 0 Å². The lowest BCUT2D eigenvalue weighted by Crippen LogP contribution is -2.51. The number of allylic oxidation sites excluding steroid dienone is 1. The highest BCUT2D eigenvalue weighted by Gasteiger charge is 2.59. The molecule has 3 heteroatoms. The Kier molecular flexibility index (Phi) is 7.16. The molecule has 2 N–H and O–H groups in total. The summed E-state index contributed by atoms with van der Waals surface area (Å²) in [7, 11) is 0. The number of nitrogens with two attached hydrogens (primary N) is 1. The molecule has 0 heterocycles. The van der Waals surface area contributed by atoms with Crippen molar-refractivity contribution in [2.45, 2.75) is 111 Å². The fraction of sp³-hybridized carbons (Fsp3) is 0.897. The Morgan fingerprint density at radius 1 is 1.09 bits per heavy atom. The molecule has 0 radical (unpaired) electrons. The van der Waals surface area contributed by atoms with Crippen LogP contribution in [0.3, 0.4) is 0 Å². The normalized spacial score (nSPS) is 42.0. The van der Waals surface area contributed by atoms with E-state index >= 15 is 0 Å². The molecule has 8 atom stereocenters. The lowest BCUT2D eigenvalue weighted by molar-refractivity contribution is -0.149. The van der Waals surface area contributed by atoms with Gasteiger partial charge in [-0.25, -0.2) is 0 Å². The van der Waals surface area contributed by atoms with E-state index in [4.69, 9.17) is 10.5 Å². The van der Waals surface area contributed by atoms with Gasteiger partial charge >= 0.3 is 5.97 Å². The highest BCUT2D eigenvalue weighted by atomic mass is 16.5. The van der Waals surface area contributed by atoms with Gasteiger partial charge in [0.1, 0.15) is 6.10 Å². The molecule has 3 fully saturated rings. The SMILES string of the molecule is CC(C)CCC[C@@H](C)[C@H]1CC[C@H]2[C@@H]3CC=C4CC(OC(=O)CN)CC[C@]4(C)[C@H]3CC[C@]12C. The van der Waals surface area contributed by atoms with Crippen LogP contribution in [0, 0.1) is 46.3 Å². The molecule has 3 nitrogen and oxygen atoms in total. The fourth-order valence-electron chi connectivity index (χ4n) is 8.99. The summed E-state index contributed by atoms with van der Waals surface area (Å²) in [5.74, 6) is 4.97. The third-order valence-electron chi connectivity index (χ3n) is 10.7. The van der Waals surface area contributed by atoms with Crippen LogP contribution in [-0.4, -0.2) is 18.6 Å². The van der Waals surface area contributed by atoms with Crippen LogP contribution in [0.4, 0.5) is 0 Å². The van der Waals surface area contributed by atoms with Crippen LogP contribution in [0.25, 0.3) is 0 Å². The molecule has 4 aliphatic rings. The number of hydrogen-bond donors (Lipinski definition) is 1. The number of rotatable bonds is 7. The zero-order valence-corrected chi connectivity index (χ0v) is 21.5. The first-order chi connectivity index (χ1) is 15.2. The zero-order valence-electron chi connectivity index (χ0n) is 21.5. The van der Waals surface area contributed by atoms with Crippen LogP contribution in [0.1, 0.15) is 105 Å². The van der Waals surface area contributed by atoms with E-state index in [1.54, 1.807) is 5.57 Å². The van der Waals surface area contributed by atoms with Gasteiger partial charge in [-0.15, -0.1) is 0 Å². The Morgan fingerprint density at radius 2 is 1.88 bits per heavy atom. The molecule has 0 spiro atoms. The number of ether oxygens (including phenoxy) is 1. The third-order valence-corrected chi connectivity index (χ3v) is 10.7. The fourth-order valence-corrected chi connectivity index (χ4v) is 8.99. The van der Waals surface area contributed by atoms with E-state index < -0.39 is 0 Å². The van der Waals surface area contributed by atoms with Crippen molar-refractivity contribution in [2.24, 2.45) is 52.1 Å². The van der Waals surface area contributed by atoms with Crippen molar-refractivity contribution < 1.29 is 9.53 Å². The Bertz CT molecular complexity index is 714. The van der Waals surface area contributed by atoms with E-state index in [9.17, 15) is 4.79 Å². The smallest absolute Gasteiger partial charge is 0.319 e. The topological polar surface area (TPSA) is 52.3 Å². The predicted molar refractivity (Wildman–Crippen MR) is 132 cm³/mol. The molecule has 0 bridgehead atoms. The highest BCUT2D eigenvalue weighted by Crippen LogP contribution is 2.67. The van der Waals surface area contributed by atoms with Crippen molar-refractivity contribution in [3.63, 3.8) is 0 Å². The minimum Gasteiger partial charge on any atom is -0.461 e. The quantitative estimate of drug-likeness (QED) is 0.344. The predicted octanol–water partition coefficient (Wildman–Crippen LogP) is 6.90. The lowest BCUT2D eigenvalue weighted by Gasteiger charge is -2.58. The average molecular weight is 444 g/mol. The minimum atomic E-state index is -0.249. The van der Waals surface area contributed by atoms with Crippen molar-refractivity contribution in [3.8, 4) is 0 Å². The summed E-state index contributed by atoms with van der Waals surface area (Å²) in [6.45, 7) is 12.5.